The van der Waals surface area contributed by atoms with Crippen molar-refractivity contribution < 1.29 is 27.8 Å². The van der Waals surface area contributed by atoms with Crippen LogP contribution in [0.3, 0.4) is 0 Å². The first kappa shape index (κ1) is 22.1. The fourth-order valence-corrected chi connectivity index (χ4v) is 4.16. The number of aryl methyl sites for hydroxylation is 1. The molecule has 2 aromatic carbocycles. The number of aromatic nitrogens is 1. The number of benzene rings is 2. The number of nitrogens with one attached hydrogen (secondary N) is 1. The van der Waals surface area contributed by atoms with E-state index in [2.05, 4.69) is 58.8 Å². The quantitative estimate of drug-likeness (QED) is 0.554. The van der Waals surface area contributed by atoms with Gasteiger partial charge in [-0.05, 0) is 74.0 Å². The van der Waals surface area contributed by atoms with Gasteiger partial charge in [0.25, 0.3) is 0 Å². The summed E-state index contributed by atoms with van der Waals surface area (Å²) in [7, 11) is 0. The first-order chi connectivity index (χ1) is 15.3. The number of hydrogen-bond donors (Lipinski definition) is 2. The molecule has 1 saturated heterocycles. The number of rotatable bonds is 1. The highest BCUT2D eigenvalue weighted by atomic mass is 19.4. The third-order valence-electron chi connectivity index (χ3n) is 5.92. The SMILES string of the molecule is O=C(O)C(F)(F)F.c1ccc2cc(-c3ccc4c(c3)CCC3(CCNCC3)O4)ncc2c1. The number of carboxylic acid groups (broad SMARTS) is 1. The van der Waals surface area contributed by atoms with Crippen molar-refractivity contribution in [3.05, 3.63) is 60.3 Å². The number of aliphatic carboxylic acids is 1. The lowest BCUT2D eigenvalue weighted by molar-refractivity contribution is -0.192. The Balaban J connectivity index is 0.000000307. The molecule has 0 unspecified atom stereocenters. The second kappa shape index (κ2) is 8.78. The lowest BCUT2D eigenvalue weighted by Gasteiger charge is -2.41. The van der Waals surface area contributed by atoms with Crippen LogP contribution in [0, 0.1) is 0 Å². The highest BCUT2D eigenvalue weighted by molar-refractivity contribution is 5.85. The molecule has 8 heteroatoms. The molecule has 5 rings (SSSR count). The van der Waals surface area contributed by atoms with Crippen LogP contribution < -0.4 is 10.1 Å². The van der Waals surface area contributed by atoms with Gasteiger partial charge < -0.3 is 15.2 Å². The van der Waals surface area contributed by atoms with Gasteiger partial charge in [-0.15, -0.1) is 0 Å². The highest BCUT2D eigenvalue weighted by Crippen LogP contribution is 2.39. The van der Waals surface area contributed by atoms with Crippen LogP contribution in [0.1, 0.15) is 24.8 Å². The van der Waals surface area contributed by atoms with Crippen molar-refractivity contribution in [2.24, 2.45) is 0 Å². The predicted molar refractivity (Wildman–Crippen MR) is 115 cm³/mol. The molecular formula is C24H23F3N2O3. The van der Waals surface area contributed by atoms with E-state index in [4.69, 9.17) is 14.6 Å². The van der Waals surface area contributed by atoms with E-state index < -0.39 is 12.1 Å². The summed E-state index contributed by atoms with van der Waals surface area (Å²) in [6, 6.07) is 17.1. The molecule has 0 amide bonds. The van der Waals surface area contributed by atoms with Crippen LogP contribution >= 0.6 is 0 Å². The zero-order chi connectivity index (χ0) is 22.8. The largest absolute Gasteiger partial charge is 0.490 e. The Bertz CT molecular complexity index is 1120. The molecule has 5 nitrogen and oxygen atoms in total. The Hall–Kier alpha value is -3.13. The molecule has 3 heterocycles. The van der Waals surface area contributed by atoms with Gasteiger partial charge in [-0.25, -0.2) is 4.79 Å². The zero-order valence-corrected chi connectivity index (χ0v) is 17.3. The second-order valence-electron chi connectivity index (χ2n) is 8.08. The monoisotopic (exact) mass is 444 g/mol. The van der Waals surface area contributed by atoms with Gasteiger partial charge in [-0.1, -0.05) is 24.3 Å². The fourth-order valence-electron chi connectivity index (χ4n) is 4.16. The number of halogens is 3. The molecule has 1 spiro atoms. The molecule has 0 bridgehead atoms. The maximum atomic E-state index is 10.6. The van der Waals surface area contributed by atoms with Gasteiger partial charge in [0.05, 0.1) is 5.69 Å². The van der Waals surface area contributed by atoms with Crippen LogP contribution in [0.5, 0.6) is 5.75 Å². The van der Waals surface area contributed by atoms with E-state index in [1.165, 1.54) is 21.9 Å². The summed E-state index contributed by atoms with van der Waals surface area (Å²) in [6.45, 7) is 2.13. The number of nitrogens with zero attached hydrogens (tertiary/aromatic N) is 1. The average Bonchev–Trinajstić information content (AvgIpc) is 2.79. The van der Waals surface area contributed by atoms with Gasteiger partial charge >= 0.3 is 12.1 Å². The minimum Gasteiger partial charge on any atom is -0.487 e. The van der Waals surface area contributed by atoms with Crippen molar-refractivity contribution in [3.8, 4) is 17.0 Å². The normalized spacial score (nSPS) is 17.1. The van der Waals surface area contributed by atoms with Crippen LogP contribution in [0.25, 0.3) is 22.0 Å². The molecule has 0 atom stereocenters. The first-order valence-corrected chi connectivity index (χ1v) is 10.4. The van der Waals surface area contributed by atoms with Gasteiger partial charge in [-0.3, -0.25) is 4.98 Å². The number of hydrogen-bond acceptors (Lipinski definition) is 4. The predicted octanol–water partition coefficient (Wildman–Crippen LogP) is 4.98. The van der Waals surface area contributed by atoms with E-state index in [0.717, 1.165) is 50.2 Å². The average molecular weight is 444 g/mol. The van der Waals surface area contributed by atoms with Crippen molar-refractivity contribution in [3.63, 3.8) is 0 Å². The van der Waals surface area contributed by atoms with E-state index in [0.29, 0.717) is 0 Å². The smallest absolute Gasteiger partial charge is 0.487 e. The fraction of sp³-hybridized carbons (Fsp3) is 0.333. The summed E-state index contributed by atoms with van der Waals surface area (Å²) in [6.07, 6.45) is 1.32. The maximum Gasteiger partial charge on any atom is 0.490 e. The Labute approximate surface area is 183 Å². The van der Waals surface area contributed by atoms with Crippen LogP contribution in [0.15, 0.2) is 54.7 Å². The molecule has 0 saturated carbocycles. The highest BCUT2D eigenvalue weighted by Gasteiger charge is 2.38. The number of fused-ring (bicyclic) bond motifs is 2. The van der Waals surface area contributed by atoms with E-state index >= 15 is 0 Å². The van der Waals surface area contributed by atoms with Crippen molar-refractivity contribution in [2.75, 3.05) is 13.1 Å². The topological polar surface area (TPSA) is 71.5 Å². The van der Waals surface area contributed by atoms with Crippen LogP contribution in [-0.2, 0) is 11.2 Å². The minimum absolute atomic E-state index is 0.0565. The molecule has 168 valence electrons. The summed E-state index contributed by atoms with van der Waals surface area (Å²) < 4.78 is 38.2. The molecule has 2 aliphatic heterocycles. The molecule has 32 heavy (non-hydrogen) atoms. The van der Waals surface area contributed by atoms with Gasteiger partial charge in [0.15, 0.2) is 0 Å². The Kier molecular flexibility index (Phi) is 6.06. The van der Waals surface area contributed by atoms with Crippen molar-refractivity contribution in [1.29, 1.82) is 0 Å². The Morgan fingerprint density at radius 3 is 2.41 bits per heavy atom. The lowest BCUT2D eigenvalue weighted by Crippen LogP contribution is -2.48. The third kappa shape index (κ3) is 4.85. The molecule has 1 aromatic heterocycles. The van der Waals surface area contributed by atoms with Crippen molar-refractivity contribution in [1.82, 2.24) is 10.3 Å². The molecule has 0 aliphatic carbocycles. The van der Waals surface area contributed by atoms with Gasteiger partial charge in [-0.2, -0.15) is 13.2 Å². The first-order valence-electron chi connectivity index (χ1n) is 10.4. The maximum absolute atomic E-state index is 10.6. The number of pyridine rings is 1. The van der Waals surface area contributed by atoms with Gasteiger partial charge in [0, 0.05) is 17.1 Å². The standard InChI is InChI=1S/C22H22N2O.C2HF3O2/c1-2-4-19-15-24-20(14-16(19)3-1)17-5-6-21-18(13-17)7-8-22(25-21)9-11-23-12-10-22;3-2(4,5)1(6)7/h1-6,13-15,23H,7-12H2;(H,6,7). The van der Waals surface area contributed by atoms with Gasteiger partial charge in [0.2, 0.25) is 0 Å². The van der Waals surface area contributed by atoms with Crippen LogP contribution in [-0.4, -0.2) is 40.9 Å². The Morgan fingerprint density at radius 2 is 1.72 bits per heavy atom. The minimum atomic E-state index is -5.08. The number of ether oxygens (including phenoxy) is 1. The van der Waals surface area contributed by atoms with E-state index in [1.54, 1.807) is 0 Å². The van der Waals surface area contributed by atoms with Crippen molar-refractivity contribution in [2.45, 2.75) is 37.5 Å². The summed E-state index contributed by atoms with van der Waals surface area (Å²) in [5.41, 5.74) is 3.58. The number of piperidine rings is 1. The van der Waals surface area contributed by atoms with Crippen LogP contribution in [0.4, 0.5) is 13.2 Å². The summed E-state index contributed by atoms with van der Waals surface area (Å²) in [5, 5.41) is 13.0. The van der Waals surface area contributed by atoms with Gasteiger partial charge in [0.1, 0.15) is 11.4 Å². The molecule has 3 aromatic rings. The number of carboxylic acids is 1. The molecule has 0 radical (unpaired) electrons. The third-order valence-corrected chi connectivity index (χ3v) is 5.92. The summed E-state index contributed by atoms with van der Waals surface area (Å²) in [5.74, 6) is -1.69. The Morgan fingerprint density at radius 1 is 1.03 bits per heavy atom. The number of alkyl halides is 3. The summed E-state index contributed by atoms with van der Waals surface area (Å²) >= 11 is 0. The molecule has 2 N–H and O–H groups in total. The second-order valence-corrected chi connectivity index (χ2v) is 8.08. The van der Waals surface area contributed by atoms with Crippen LogP contribution in [0.2, 0.25) is 0 Å². The zero-order valence-electron chi connectivity index (χ0n) is 17.3. The molecule has 2 aliphatic rings. The van der Waals surface area contributed by atoms with Crippen molar-refractivity contribution >= 4 is 16.7 Å². The van der Waals surface area contributed by atoms with E-state index in [-0.39, 0.29) is 5.60 Å². The lowest BCUT2D eigenvalue weighted by atomic mass is 9.83. The van der Waals surface area contributed by atoms with E-state index in [9.17, 15) is 13.2 Å². The van der Waals surface area contributed by atoms with E-state index in [1.807, 2.05) is 6.20 Å². The molecule has 1 fully saturated rings. The summed E-state index contributed by atoms with van der Waals surface area (Å²) in [4.78, 5) is 13.6. The number of carbonyl (C=O) groups is 1. The molecular weight excluding hydrogens is 421 g/mol.